The molecule has 1 N–H and O–H groups in total. The lowest BCUT2D eigenvalue weighted by Gasteiger charge is -2.30. The average molecular weight is 383 g/mol. The van der Waals surface area contributed by atoms with Gasteiger partial charge >= 0.3 is 0 Å². The lowest BCUT2D eigenvalue weighted by atomic mass is 9.96. The summed E-state index contributed by atoms with van der Waals surface area (Å²) in [6, 6.07) is 9.67. The van der Waals surface area contributed by atoms with Gasteiger partial charge in [-0.2, -0.15) is 0 Å². The molecule has 1 aliphatic heterocycles. The van der Waals surface area contributed by atoms with Gasteiger partial charge in [-0.25, -0.2) is 4.98 Å². The van der Waals surface area contributed by atoms with E-state index in [2.05, 4.69) is 10.3 Å². The van der Waals surface area contributed by atoms with Crippen molar-refractivity contribution in [2.75, 3.05) is 18.4 Å². The van der Waals surface area contributed by atoms with Crippen LogP contribution in [0.25, 0.3) is 6.08 Å². The molecule has 0 saturated carbocycles. The van der Waals surface area contributed by atoms with Gasteiger partial charge in [0.2, 0.25) is 11.8 Å². The molecule has 1 fully saturated rings. The monoisotopic (exact) mass is 383 g/mol. The molecule has 7 heteroatoms. The summed E-state index contributed by atoms with van der Waals surface area (Å²) in [5.41, 5.74) is 1.34. The molecule has 0 aliphatic carbocycles. The first kappa shape index (κ1) is 19.0. The minimum absolute atomic E-state index is 0.0382. The molecular formula is C20H21N3O3S. The number of hydrogen-bond donors (Lipinski definition) is 1. The number of nitrogens with one attached hydrogen (secondary N) is 1. The number of piperidine rings is 1. The van der Waals surface area contributed by atoms with Gasteiger partial charge in [-0.05, 0) is 24.5 Å². The van der Waals surface area contributed by atoms with E-state index in [9.17, 15) is 14.4 Å². The predicted octanol–water partition coefficient (Wildman–Crippen LogP) is 3.24. The second-order valence-corrected chi connectivity index (χ2v) is 7.29. The van der Waals surface area contributed by atoms with Crippen molar-refractivity contribution < 1.29 is 14.4 Å². The SMILES string of the molecule is CC(=O)c1csc(NC(=O)C2CCN(C(=O)/C=C/c3ccccc3)CC2)n1. The lowest BCUT2D eigenvalue weighted by molar-refractivity contribution is -0.130. The van der Waals surface area contributed by atoms with Crippen molar-refractivity contribution in [2.45, 2.75) is 19.8 Å². The van der Waals surface area contributed by atoms with Crippen LogP contribution in [0.3, 0.4) is 0 Å². The molecule has 0 bridgehead atoms. The topological polar surface area (TPSA) is 79.4 Å². The van der Waals surface area contributed by atoms with Crippen LogP contribution in [0.1, 0.15) is 35.8 Å². The Balaban J connectivity index is 1.49. The molecule has 6 nitrogen and oxygen atoms in total. The van der Waals surface area contributed by atoms with Crippen LogP contribution in [-0.4, -0.2) is 40.6 Å². The number of benzene rings is 1. The lowest BCUT2D eigenvalue weighted by Crippen LogP contribution is -2.40. The number of carbonyl (C=O) groups excluding carboxylic acids is 3. The van der Waals surface area contributed by atoms with Gasteiger partial charge < -0.3 is 10.2 Å². The van der Waals surface area contributed by atoms with Crippen molar-refractivity contribution in [3.05, 3.63) is 53.0 Å². The number of aromatic nitrogens is 1. The highest BCUT2D eigenvalue weighted by atomic mass is 32.1. The van der Waals surface area contributed by atoms with Crippen LogP contribution in [0.15, 0.2) is 41.8 Å². The Morgan fingerprint density at radius 1 is 1.19 bits per heavy atom. The van der Waals surface area contributed by atoms with Gasteiger partial charge in [0.15, 0.2) is 10.9 Å². The number of rotatable bonds is 5. The normalized spacial score (nSPS) is 15.1. The Hall–Kier alpha value is -2.80. The Kier molecular flexibility index (Phi) is 6.13. The fourth-order valence-corrected chi connectivity index (χ4v) is 3.65. The molecule has 3 rings (SSSR count). The largest absolute Gasteiger partial charge is 0.339 e. The summed E-state index contributed by atoms with van der Waals surface area (Å²) in [5, 5.41) is 4.85. The third kappa shape index (κ3) is 5.10. The second kappa shape index (κ2) is 8.73. The van der Waals surface area contributed by atoms with Gasteiger partial charge in [0.1, 0.15) is 5.69 Å². The van der Waals surface area contributed by atoms with Crippen LogP contribution >= 0.6 is 11.3 Å². The first-order chi connectivity index (χ1) is 13.0. The van der Waals surface area contributed by atoms with Crippen molar-refractivity contribution in [3.8, 4) is 0 Å². The summed E-state index contributed by atoms with van der Waals surface area (Å²) in [6.07, 6.45) is 4.61. The van der Waals surface area contributed by atoms with Crippen molar-refractivity contribution in [3.63, 3.8) is 0 Å². The predicted molar refractivity (Wildman–Crippen MR) is 106 cm³/mol. The van der Waals surface area contributed by atoms with E-state index in [-0.39, 0.29) is 23.5 Å². The van der Waals surface area contributed by atoms with Crippen molar-refractivity contribution in [2.24, 2.45) is 5.92 Å². The number of carbonyl (C=O) groups is 3. The fourth-order valence-electron chi connectivity index (χ4n) is 2.90. The molecule has 0 unspecified atom stereocenters. The molecule has 1 saturated heterocycles. The van der Waals surface area contributed by atoms with E-state index in [0.717, 1.165) is 5.56 Å². The van der Waals surface area contributed by atoms with Gasteiger partial charge in [0.05, 0.1) is 0 Å². The first-order valence-corrected chi connectivity index (χ1v) is 9.70. The van der Waals surface area contributed by atoms with Crippen LogP contribution in [-0.2, 0) is 9.59 Å². The van der Waals surface area contributed by atoms with Gasteiger partial charge in [0.25, 0.3) is 0 Å². The van der Waals surface area contributed by atoms with E-state index in [4.69, 9.17) is 0 Å². The Bertz CT molecular complexity index is 852. The van der Waals surface area contributed by atoms with Gasteiger partial charge in [-0.1, -0.05) is 30.3 Å². The maximum Gasteiger partial charge on any atom is 0.246 e. The van der Waals surface area contributed by atoms with Crippen LogP contribution in [0, 0.1) is 5.92 Å². The number of amides is 2. The Morgan fingerprint density at radius 3 is 2.52 bits per heavy atom. The van der Waals surface area contributed by atoms with E-state index >= 15 is 0 Å². The summed E-state index contributed by atoms with van der Waals surface area (Å²) < 4.78 is 0. The van der Waals surface area contributed by atoms with Crippen molar-refractivity contribution in [1.82, 2.24) is 9.88 Å². The maximum atomic E-state index is 12.4. The van der Waals surface area contributed by atoms with E-state index in [1.54, 1.807) is 22.4 Å². The average Bonchev–Trinajstić information content (AvgIpc) is 3.16. The summed E-state index contributed by atoms with van der Waals surface area (Å²) in [6.45, 7) is 2.54. The van der Waals surface area contributed by atoms with E-state index in [1.165, 1.54) is 18.3 Å². The molecule has 1 aliphatic rings. The Labute approximate surface area is 161 Å². The molecule has 0 spiro atoms. The summed E-state index contributed by atoms with van der Waals surface area (Å²) >= 11 is 1.24. The summed E-state index contributed by atoms with van der Waals surface area (Å²) in [5.74, 6) is -0.422. The number of nitrogens with zero attached hydrogens (tertiary/aromatic N) is 2. The zero-order chi connectivity index (χ0) is 19.2. The number of hydrogen-bond acceptors (Lipinski definition) is 5. The third-order valence-electron chi connectivity index (χ3n) is 4.49. The number of anilines is 1. The second-order valence-electron chi connectivity index (χ2n) is 6.43. The van der Waals surface area contributed by atoms with Gasteiger partial charge in [0, 0.05) is 37.4 Å². The minimum Gasteiger partial charge on any atom is -0.339 e. The van der Waals surface area contributed by atoms with Crippen LogP contribution in [0.2, 0.25) is 0 Å². The third-order valence-corrected chi connectivity index (χ3v) is 5.25. The number of Topliss-reactive ketones (excluding diaryl/α,β-unsaturated/α-hetero) is 1. The molecule has 140 valence electrons. The zero-order valence-corrected chi connectivity index (χ0v) is 15.9. The maximum absolute atomic E-state index is 12.4. The standard InChI is InChI=1S/C20H21N3O3S/c1-14(24)17-13-27-20(21-17)22-19(26)16-9-11-23(12-10-16)18(25)8-7-15-5-3-2-4-6-15/h2-8,13,16H,9-12H2,1H3,(H,21,22,26)/b8-7+. The molecule has 27 heavy (non-hydrogen) atoms. The van der Waals surface area contributed by atoms with Crippen LogP contribution < -0.4 is 5.32 Å². The molecule has 2 aromatic rings. The van der Waals surface area contributed by atoms with Gasteiger partial charge in [-0.15, -0.1) is 11.3 Å². The summed E-state index contributed by atoms with van der Waals surface area (Å²) in [4.78, 5) is 41.8. The summed E-state index contributed by atoms with van der Waals surface area (Å²) in [7, 11) is 0. The molecule has 1 aromatic carbocycles. The fraction of sp³-hybridized carbons (Fsp3) is 0.300. The highest BCUT2D eigenvalue weighted by molar-refractivity contribution is 7.14. The molecule has 1 aromatic heterocycles. The molecule has 0 radical (unpaired) electrons. The van der Waals surface area contributed by atoms with E-state index in [0.29, 0.717) is 36.8 Å². The first-order valence-electron chi connectivity index (χ1n) is 8.82. The van der Waals surface area contributed by atoms with Gasteiger partial charge in [-0.3, -0.25) is 14.4 Å². The van der Waals surface area contributed by atoms with E-state index < -0.39 is 0 Å². The number of thiazole rings is 1. The molecule has 2 heterocycles. The smallest absolute Gasteiger partial charge is 0.246 e. The number of likely N-dealkylation sites (tertiary alicyclic amines) is 1. The quantitative estimate of drug-likeness (QED) is 0.635. The number of ketones is 1. The van der Waals surface area contributed by atoms with Crippen LogP contribution in [0.4, 0.5) is 5.13 Å². The molecular weight excluding hydrogens is 362 g/mol. The van der Waals surface area contributed by atoms with Crippen molar-refractivity contribution >= 4 is 40.1 Å². The highest BCUT2D eigenvalue weighted by Gasteiger charge is 2.27. The zero-order valence-electron chi connectivity index (χ0n) is 15.1. The van der Waals surface area contributed by atoms with E-state index in [1.807, 2.05) is 30.3 Å². The molecule has 0 atom stereocenters. The highest BCUT2D eigenvalue weighted by Crippen LogP contribution is 2.22. The Morgan fingerprint density at radius 2 is 1.89 bits per heavy atom. The minimum atomic E-state index is -0.156. The molecule has 2 amide bonds. The van der Waals surface area contributed by atoms with Crippen molar-refractivity contribution in [1.29, 1.82) is 0 Å². The van der Waals surface area contributed by atoms with Crippen LogP contribution in [0.5, 0.6) is 0 Å².